The molecule has 3 rings (SSSR count). The molecule has 2 fully saturated rings. The third kappa shape index (κ3) is 5.09. The summed E-state index contributed by atoms with van der Waals surface area (Å²) in [6.07, 6.45) is 2.64. The Balaban J connectivity index is 1.44. The summed E-state index contributed by atoms with van der Waals surface area (Å²) in [4.78, 5) is 18.8. The van der Waals surface area contributed by atoms with Crippen molar-refractivity contribution in [1.29, 1.82) is 0 Å². The van der Waals surface area contributed by atoms with Crippen molar-refractivity contribution in [1.82, 2.24) is 15.6 Å². The number of ether oxygens (including phenoxy) is 1. The molecule has 2 saturated heterocycles. The molecule has 0 bridgehead atoms. The van der Waals surface area contributed by atoms with Crippen LogP contribution in [0.25, 0.3) is 0 Å². The zero-order valence-corrected chi connectivity index (χ0v) is 15.0. The third-order valence-electron chi connectivity index (χ3n) is 4.29. The van der Waals surface area contributed by atoms with Crippen LogP contribution in [0.3, 0.4) is 0 Å². The average Bonchev–Trinajstić information content (AvgIpc) is 2.61. The highest BCUT2D eigenvalue weighted by molar-refractivity contribution is 7.99. The van der Waals surface area contributed by atoms with Crippen molar-refractivity contribution >= 4 is 23.5 Å². The third-order valence-corrected chi connectivity index (χ3v) is 5.42. The number of aromatic nitrogens is 1. The topological polar surface area (TPSA) is 66.5 Å². The van der Waals surface area contributed by atoms with Crippen molar-refractivity contribution in [3.8, 4) is 0 Å². The van der Waals surface area contributed by atoms with Crippen LogP contribution in [0.4, 0.5) is 5.82 Å². The van der Waals surface area contributed by atoms with E-state index in [9.17, 15) is 4.79 Å². The monoisotopic (exact) mass is 350 g/mol. The number of morpholine rings is 1. The SMILES string of the molecule is CC1CN(c2ccc(CNC(=O)CC3CSCCN3)cn2)CCO1. The van der Waals surface area contributed by atoms with Crippen LogP contribution in [-0.2, 0) is 16.1 Å². The van der Waals surface area contributed by atoms with Gasteiger partial charge in [-0.3, -0.25) is 4.79 Å². The Morgan fingerprint density at radius 2 is 2.46 bits per heavy atom. The van der Waals surface area contributed by atoms with E-state index in [0.29, 0.717) is 19.0 Å². The number of hydrogen-bond donors (Lipinski definition) is 2. The lowest BCUT2D eigenvalue weighted by Crippen LogP contribution is -2.41. The number of thioether (sulfide) groups is 1. The van der Waals surface area contributed by atoms with Crippen molar-refractivity contribution in [3.05, 3.63) is 23.9 Å². The highest BCUT2D eigenvalue weighted by Crippen LogP contribution is 2.15. The maximum absolute atomic E-state index is 12.0. The molecule has 2 unspecified atom stereocenters. The fourth-order valence-corrected chi connectivity index (χ4v) is 3.93. The first-order valence-electron chi connectivity index (χ1n) is 8.60. The number of pyridine rings is 1. The molecular weight excluding hydrogens is 324 g/mol. The fourth-order valence-electron chi connectivity index (χ4n) is 2.98. The Kier molecular flexibility index (Phi) is 6.34. The van der Waals surface area contributed by atoms with Gasteiger partial charge < -0.3 is 20.3 Å². The molecule has 24 heavy (non-hydrogen) atoms. The molecule has 1 aromatic rings. The van der Waals surface area contributed by atoms with Crippen LogP contribution in [0.1, 0.15) is 18.9 Å². The van der Waals surface area contributed by atoms with E-state index >= 15 is 0 Å². The summed E-state index contributed by atoms with van der Waals surface area (Å²) in [5, 5.41) is 6.38. The van der Waals surface area contributed by atoms with Gasteiger partial charge in [-0.15, -0.1) is 0 Å². The smallest absolute Gasteiger partial charge is 0.221 e. The Hall–Kier alpha value is -1.31. The number of anilines is 1. The first-order chi connectivity index (χ1) is 11.7. The lowest BCUT2D eigenvalue weighted by atomic mass is 10.2. The van der Waals surface area contributed by atoms with E-state index in [1.54, 1.807) is 0 Å². The predicted octanol–water partition coefficient (Wildman–Crippen LogP) is 1.02. The molecule has 0 saturated carbocycles. The minimum absolute atomic E-state index is 0.0982. The molecule has 3 heterocycles. The van der Waals surface area contributed by atoms with Gasteiger partial charge in [-0.1, -0.05) is 6.07 Å². The van der Waals surface area contributed by atoms with E-state index in [-0.39, 0.29) is 12.0 Å². The molecule has 1 amide bonds. The average molecular weight is 350 g/mol. The number of nitrogens with zero attached hydrogens (tertiary/aromatic N) is 2. The summed E-state index contributed by atoms with van der Waals surface area (Å²) in [6.45, 7) is 6.10. The normalized spacial score (nSPS) is 24.6. The van der Waals surface area contributed by atoms with Crippen LogP contribution in [0.2, 0.25) is 0 Å². The van der Waals surface area contributed by atoms with Crippen LogP contribution in [0.5, 0.6) is 0 Å². The van der Waals surface area contributed by atoms with Gasteiger partial charge in [0.05, 0.1) is 12.7 Å². The number of carbonyl (C=O) groups is 1. The van der Waals surface area contributed by atoms with Gasteiger partial charge in [0.25, 0.3) is 0 Å². The van der Waals surface area contributed by atoms with Crippen LogP contribution < -0.4 is 15.5 Å². The Labute approximate surface area is 147 Å². The molecule has 2 atom stereocenters. The van der Waals surface area contributed by atoms with Crippen molar-refractivity contribution in [2.45, 2.75) is 32.0 Å². The molecule has 2 N–H and O–H groups in total. The standard InChI is InChI=1S/C17H26N4O2S/c1-13-11-21(5-6-23-13)16-3-2-14(9-19-16)10-20-17(22)8-15-12-24-7-4-18-15/h2-3,9,13,15,18H,4-8,10-12H2,1H3,(H,20,22). The summed E-state index contributed by atoms with van der Waals surface area (Å²) in [7, 11) is 0. The van der Waals surface area contributed by atoms with E-state index in [1.807, 2.05) is 30.1 Å². The molecule has 0 radical (unpaired) electrons. The van der Waals surface area contributed by atoms with Gasteiger partial charge in [0, 0.05) is 56.3 Å². The fraction of sp³-hybridized carbons (Fsp3) is 0.647. The van der Waals surface area contributed by atoms with Crippen molar-refractivity contribution in [2.75, 3.05) is 42.6 Å². The first-order valence-corrected chi connectivity index (χ1v) is 9.75. The highest BCUT2D eigenvalue weighted by Gasteiger charge is 2.18. The zero-order valence-electron chi connectivity index (χ0n) is 14.2. The summed E-state index contributed by atoms with van der Waals surface area (Å²) in [6, 6.07) is 4.36. The molecule has 132 valence electrons. The van der Waals surface area contributed by atoms with Gasteiger partial charge in [0.1, 0.15) is 5.82 Å². The van der Waals surface area contributed by atoms with Crippen molar-refractivity contribution in [3.63, 3.8) is 0 Å². The second kappa shape index (κ2) is 8.69. The van der Waals surface area contributed by atoms with E-state index < -0.39 is 0 Å². The van der Waals surface area contributed by atoms with Gasteiger partial charge in [-0.25, -0.2) is 4.98 Å². The number of hydrogen-bond acceptors (Lipinski definition) is 6. The molecule has 7 heteroatoms. The van der Waals surface area contributed by atoms with Crippen molar-refractivity contribution < 1.29 is 9.53 Å². The number of carbonyl (C=O) groups excluding carboxylic acids is 1. The predicted molar refractivity (Wildman–Crippen MR) is 97.4 cm³/mol. The van der Waals surface area contributed by atoms with Gasteiger partial charge >= 0.3 is 0 Å². The minimum Gasteiger partial charge on any atom is -0.375 e. The van der Waals surface area contributed by atoms with Crippen LogP contribution in [-0.4, -0.2) is 60.8 Å². The quantitative estimate of drug-likeness (QED) is 0.826. The van der Waals surface area contributed by atoms with Gasteiger partial charge in [-0.2, -0.15) is 11.8 Å². The lowest BCUT2D eigenvalue weighted by Gasteiger charge is -2.32. The number of rotatable bonds is 5. The van der Waals surface area contributed by atoms with E-state index in [2.05, 4.69) is 27.4 Å². The van der Waals surface area contributed by atoms with E-state index in [1.165, 1.54) is 0 Å². The summed E-state index contributed by atoms with van der Waals surface area (Å²) < 4.78 is 5.56. The van der Waals surface area contributed by atoms with Crippen LogP contribution in [0, 0.1) is 0 Å². The lowest BCUT2D eigenvalue weighted by molar-refractivity contribution is -0.121. The Morgan fingerprint density at radius 3 is 3.17 bits per heavy atom. The van der Waals surface area contributed by atoms with Gasteiger partial charge in [0.15, 0.2) is 0 Å². The molecule has 0 aliphatic carbocycles. The molecule has 0 spiro atoms. The van der Waals surface area contributed by atoms with E-state index in [4.69, 9.17) is 4.74 Å². The summed E-state index contributed by atoms with van der Waals surface area (Å²) >= 11 is 1.91. The summed E-state index contributed by atoms with van der Waals surface area (Å²) in [5.41, 5.74) is 1.03. The van der Waals surface area contributed by atoms with E-state index in [0.717, 1.165) is 49.1 Å². The second-order valence-electron chi connectivity index (χ2n) is 6.36. The minimum atomic E-state index is 0.0982. The molecule has 0 aromatic carbocycles. The molecule has 2 aliphatic heterocycles. The maximum Gasteiger partial charge on any atom is 0.221 e. The van der Waals surface area contributed by atoms with Crippen molar-refractivity contribution in [2.24, 2.45) is 0 Å². The largest absolute Gasteiger partial charge is 0.375 e. The zero-order chi connectivity index (χ0) is 16.8. The van der Waals surface area contributed by atoms with Crippen LogP contribution >= 0.6 is 11.8 Å². The molecule has 2 aliphatic rings. The van der Waals surface area contributed by atoms with Gasteiger partial charge in [0.2, 0.25) is 5.91 Å². The summed E-state index contributed by atoms with van der Waals surface area (Å²) in [5.74, 6) is 3.23. The highest BCUT2D eigenvalue weighted by atomic mass is 32.2. The van der Waals surface area contributed by atoms with Gasteiger partial charge in [-0.05, 0) is 18.6 Å². The maximum atomic E-state index is 12.0. The Morgan fingerprint density at radius 1 is 1.54 bits per heavy atom. The second-order valence-corrected chi connectivity index (χ2v) is 7.51. The van der Waals surface area contributed by atoms with Crippen LogP contribution in [0.15, 0.2) is 18.3 Å². The number of nitrogens with one attached hydrogen (secondary N) is 2. The molecule has 6 nitrogen and oxygen atoms in total. The molecular formula is C17H26N4O2S. The molecule has 1 aromatic heterocycles. The Bertz CT molecular complexity index is 534. The number of amides is 1. The first kappa shape index (κ1) is 17.5.